The Morgan fingerprint density at radius 2 is 1.23 bits per heavy atom. The molecular formula is C29H29NO. The molecule has 0 radical (unpaired) electrons. The zero-order chi connectivity index (χ0) is 21.1. The SMILES string of the molecule is O=C1N(C2CCCCC2)C(C=Cc2ccccc2)C1(c1ccccc1)c1ccccc1. The molecule has 2 nitrogen and oxygen atoms in total. The fourth-order valence-corrected chi connectivity index (χ4v) is 5.51. The Balaban J connectivity index is 1.64. The third-order valence-electron chi connectivity index (χ3n) is 7.01. The topological polar surface area (TPSA) is 20.3 Å². The number of hydrogen-bond acceptors (Lipinski definition) is 1. The molecule has 2 aliphatic rings. The van der Waals surface area contributed by atoms with Gasteiger partial charge in [0.15, 0.2) is 0 Å². The molecule has 1 aliphatic heterocycles. The summed E-state index contributed by atoms with van der Waals surface area (Å²) >= 11 is 0. The Hall–Kier alpha value is -3.13. The van der Waals surface area contributed by atoms with Crippen LogP contribution in [0.15, 0.2) is 97.1 Å². The van der Waals surface area contributed by atoms with Gasteiger partial charge in [0.2, 0.25) is 5.91 Å². The number of carbonyl (C=O) groups excluding carboxylic acids is 1. The van der Waals surface area contributed by atoms with E-state index in [1.165, 1.54) is 24.8 Å². The third-order valence-corrected chi connectivity index (χ3v) is 7.01. The van der Waals surface area contributed by atoms with Gasteiger partial charge in [0.1, 0.15) is 5.41 Å². The summed E-state index contributed by atoms with van der Waals surface area (Å²) in [4.78, 5) is 16.3. The van der Waals surface area contributed by atoms with Crippen molar-refractivity contribution in [1.29, 1.82) is 0 Å². The summed E-state index contributed by atoms with van der Waals surface area (Å²) in [6.45, 7) is 0. The van der Waals surface area contributed by atoms with Gasteiger partial charge in [-0.05, 0) is 29.5 Å². The lowest BCUT2D eigenvalue weighted by atomic mass is 9.60. The van der Waals surface area contributed by atoms with Gasteiger partial charge >= 0.3 is 0 Å². The van der Waals surface area contributed by atoms with Crippen molar-refractivity contribution in [1.82, 2.24) is 4.90 Å². The van der Waals surface area contributed by atoms with Gasteiger partial charge in [0, 0.05) is 6.04 Å². The minimum atomic E-state index is -0.661. The number of β-lactam (4-membered cyclic amide) rings is 1. The maximum Gasteiger partial charge on any atom is 0.240 e. The fraction of sp³-hybridized carbons (Fsp3) is 0.276. The van der Waals surface area contributed by atoms with E-state index in [1.807, 2.05) is 18.2 Å². The van der Waals surface area contributed by atoms with E-state index in [1.54, 1.807) is 0 Å². The lowest BCUT2D eigenvalue weighted by molar-refractivity contribution is -0.159. The highest BCUT2D eigenvalue weighted by molar-refractivity contribution is 6.01. The van der Waals surface area contributed by atoms with E-state index in [2.05, 4.69) is 89.8 Å². The highest BCUT2D eigenvalue weighted by Crippen LogP contribution is 2.50. The van der Waals surface area contributed by atoms with Crippen molar-refractivity contribution in [3.05, 3.63) is 114 Å². The molecule has 3 aromatic carbocycles. The number of benzene rings is 3. The van der Waals surface area contributed by atoms with Crippen LogP contribution < -0.4 is 0 Å². The van der Waals surface area contributed by atoms with Crippen LogP contribution in [0.1, 0.15) is 48.8 Å². The summed E-state index contributed by atoms with van der Waals surface area (Å²) in [5, 5.41) is 0. The van der Waals surface area contributed by atoms with Gasteiger partial charge in [0.25, 0.3) is 0 Å². The summed E-state index contributed by atoms with van der Waals surface area (Å²) < 4.78 is 0. The van der Waals surface area contributed by atoms with E-state index < -0.39 is 5.41 Å². The maximum absolute atomic E-state index is 14.1. The lowest BCUT2D eigenvalue weighted by Crippen LogP contribution is -2.73. The first-order valence-electron chi connectivity index (χ1n) is 11.5. The second-order valence-corrected chi connectivity index (χ2v) is 8.76. The van der Waals surface area contributed by atoms with Crippen molar-refractivity contribution in [3.63, 3.8) is 0 Å². The Labute approximate surface area is 185 Å². The molecule has 3 aromatic rings. The van der Waals surface area contributed by atoms with Crippen LogP contribution in [0.25, 0.3) is 6.08 Å². The normalized spacial score (nSPS) is 21.2. The molecule has 1 atom stereocenters. The molecule has 0 bridgehead atoms. The summed E-state index contributed by atoms with van der Waals surface area (Å²) in [7, 11) is 0. The Morgan fingerprint density at radius 3 is 1.77 bits per heavy atom. The average Bonchev–Trinajstić information content (AvgIpc) is 2.84. The van der Waals surface area contributed by atoms with Crippen LogP contribution in [0, 0.1) is 0 Å². The zero-order valence-electron chi connectivity index (χ0n) is 17.9. The molecule has 2 heteroatoms. The molecule has 1 amide bonds. The molecule has 5 rings (SSSR count). The predicted octanol–water partition coefficient (Wildman–Crippen LogP) is 6.23. The van der Waals surface area contributed by atoms with E-state index in [-0.39, 0.29) is 11.9 Å². The highest BCUT2D eigenvalue weighted by atomic mass is 16.2. The molecule has 1 saturated heterocycles. The van der Waals surface area contributed by atoms with Gasteiger partial charge in [-0.1, -0.05) is 122 Å². The van der Waals surface area contributed by atoms with Crippen molar-refractivity contribution in [2.24, 2.45) is 0 Å². The second-order valence-electron chi connectivity index (χ2n) is 8.76. The Kier molecular flexibility index (Phi) is 5.46. The van der Waals surface area contributed by atoms with Gasteiger partial charge in [-0.2, -0.15) is 0 Å². The molecule has 0 N–H and O–H groups in total. The van der Waals surface area contributed by atoms with E-state index in [4.69, 9.17) is 0 Å². The predicted molar refractivity (Wildman–Crippen MR) is 127 cm³/mol. The van der Waals surface area contributed by atoms with Crippen LogP contribution in [0.4, 0.5) is 0 Å². The van der Waals surface area contributed by atoms with Crippen molar-refractivity contribution >= 4 is 12.0 Å². The van der Waals surface area contributed by atoms with Crippen LogP contribution in [-0.4, -0.2) is 22.9 Å². The van der Waals surface area contributed by atoms with Gasteiger partial charge in [0.05, 0.1) is 6.04 Å². The highest BCUT2D eigenvalue weighted by Gasteiger charge is 2.62. The number of likely N-dealkylation sites (tertiary alicyclic amines) is 1. The molecule has 2 fully saturated rings. The van der Waals surface area contributed by atoms with Gasteiger partial charge in [-0.25, -0.2) is 0 Å². The third kappa shape index (κ3) is 3.40. The zero-order valence-corrected chi connectivity index (χ0v) is 17.9. The van der Waals surface area contributed by atoms with Crippen LogP contribution in [0.3, 0.4) is 0 Å². The summed E-state index contributed by atoms with van der Waals surface area (Å²) in [5.41, 5.74) is 2.67. The van der Waals surface area contributed by atoms with Gasteiger partial charge in [-0.15, -0.1) is 0 Å². The number of nitrogens with zero attached hydrogens (tertiary/aromatic N) is 1. The van der Waals surface area contributed by atoms with Crippen molar-refractivity contribution in [2.75, 3.05) is 0 Å². The molecule has 1 aliphatic carbocycles. The van der Waals surface area contributed by atoms with Crippen molar-refractivity contribution in [3.8, 4) is 0 Å². The summed E-state index contributed by atoms with van der Waals surface area (Å²) in [6.07, 6.45) is 10.4. The summed E-state index contributed by atoms with van der Waals surface area (Å²) in [5.74, 6) is 0.250. The molecule has 1 heterocycles. The number of rotatable bonds is 5. The quantitative estimate of drug-likeness (QED) is 0.459. The van der Waals surface area contributed by atoms with Crippen molar-refractivity contribution < 1.29 is 4.79 Å². The maximum atomic E-state index is 14.1. The largest absolute Gasteiger partial charge is 0.330 e. The monoisotopic (exact) mass is 407 g/mol. The number of amides is 1. The van der Waals surface area contributed by atoms with Crippen LogP contribution >= 0.6 is 0 Å². The first-order valence-corrected chi connectivity index (χ1v) is 11.5. The van der Waals surface area contributed by atoms with E-state index in [0.29, 0.717) is 6.04 Å². The van der Waals surface area contributed by atoms with E-state index in [9.17, 15) is 4.79 Å². The van der Waals surface area contributed by atoms with E-state index in [0.717, 1.165) is 24.0 Å². The first-order chi connectivity index (χ1) is 15.3. The van der Waals surface area contributed by atoms with Crippen LogP contribution in [0.2, 0.25) is 0 Å². The number of carbonyl (C=O) groups is 1. The smallest absolute Gasteiger partial charge is 0.240 e. The minimum absolute atomic E-state index is 0.00751. The van der Waals surface area contributed by atoms with Gasteiger partial charge < -0.3 is 4.90 Å². The van der Waals surface area contributed by atoms with Crippen molar-refractivity contribution in [2.45, 2.75) is 49.6 Å². The van der Waals surface area contributed by atoms with E-state index >= 15 is 0 Å². The average molecular weight is 408 g/mol. The minimum Gasteiger partial charge on any atom is -0.330 e. The molecule has 0 aromatic heterocycles. The van der Waals surface area contributed by atoms with Crippen LogP contribution in [0.5, 0.6) is 0 Å². The Morgan fingerprint density at radius 1 is 0.710 bits per heavy atom. The van der Waals surface area contributed by atoms with Crippen LogP contribution in [-0.2, 0) is 10.2 Å². The lowest BCUT2D eigenvalue weighted by Gasteiger charge is -2.59. The molecule has 1 saturated carbocycles. The molecule has 156 valence electrons. The number of hydrogen-bond donors (Lipinski definition) is 0. The molecular weight excluding hydrogens is 378 g/mol. The summed E-state index contributed by atoms with van der Waals surface area (Å²) in [6, 6.07) is 31.5. The molecule has 0 spiro atoms. The standard InChI is InChI=1S/C29H29NO/c31-28-29(24-15-7-2-8-16-24,25-17-9-3-10-18-25)27(22-21-23-13-5-1-6-14-23)30(28)26-19-11-4-12-20-26/h1-3,5-10,13-18,21-22,26-27H,4,11-12,19-20H2. The Bertz CT molecular complexity index is 996. The molecule has 1 unspecified atom stereocenters. The molecule has 31 heavy (non-hydrogen) atoms. The first kappa shape index (κ1) is 19.8. The fourth-order valence-electron chi connectivity index (χ4n) is 5.51. The van der Waals surface area contributed by atoms with Gasteiger partial charge in [-0.3, -0.25) is 4.79 Å². The second kappa shape index (κ2) is 8.55.